The zero-order valence-corrected chi connectivity index (χ0v) is 14.6. The van der Waals surface area contributed by atoms with Crippen molar-refractivity contribution in [2.75, 3.05) is 11.4 Å². The summed E-state index contributed by atoms with van der Waals surface area (Å²) in [6.07, 6.45) is -3.79. The van der Waals surface area contributed by atoms with Crippen molar-refractivity contribution in [1.82, 2.24) is 9.97 Å². The van der Waals surface area contributed by atoms with Crippen LogP contribution < -0.4 is 4.90 Å². The van der Waals surface area contributed by atoms with Gasteiger partial charge in [-0.3, -0.25) is 0 Å². The topological polar surface area (TPSA) is 29.0 Å². The van der Waals surface area contributed by atoms with Crippen molar-refractivity contribution in [1.29, 1.82) is 0 Å². The lowest BCUT2D eigenvalue weighted by Gasteiger charge is -2.31. The average molecular weight is 357 g/mol. The van der Waals surface area contributed by atoms with Crippen LogP contribution in [-0.4, -0.2) is 16.5 Å². The van der Waals surface area contributed by atoms with Gasteiger partial charge in [-0.15, -0.1) is 0 Å². The number of aromatic nitrogens is 2. The van der Waals surface area contributed by atoms with Crippen molar-refractivity contribution >= 4 is 16.7 Å². The minimum absolute atomic E-state index is 0.364. The van der Waals surface area contributed by atoms with Crippen LogP contribution in [0, 0.1) is 13.8 Å². The van der Waals surface area contributed by atoms with Crippen LogP contribution in [0.3, 0.4) is 0 Å². The Morgan fingerprint density at radius 1 is 1.00 bits per heavy atom. The molecule has 0 unspecified atom stereocenters. The summed E-state index contributed by atoms with van der Waals surface area (Å²) in [5, 5.41) is 0.676. The summed E-state index contributed by atoms with van der Waals surface area (Å²) in [7, 11) is 0. The number of rotatable bonds is 1. The molecule has 4 rings (SSSR count). The molecular weight excluding hydrogens is 339 g/mol. The smallest absolute Gasteiger partial charge is 0.351 e. The van der Waals surface area contributed by atoms with E-state index in [1.807, 2.05) is 42.2 Å². The van der Waals surface area contributed by atoms with Crippen LogP contribution in [-0.2, 0) is 19.1 Å². The first kappa shape index (κ1) is 16.8. The van der Waals surface area contributed by atoms with Gasteiger partial charge >= 0.3 is 6.18 Å². The van der Waals surface area contributed by atoms with Crippen LogP contribution in [0.5, 0.6) is 0 Å². The SMILES string of the molecule is Cc1cc(C)c2nc(C(F)(F)F)nc(N3CCc4ccccc4C3)c2c1. The number of alkyl halides is 3. The Hall–Kier alpha value is -2.63. The van der Waals surface area contributed by atoms with Crippen molar-refractivity contribution in [3.05, 3.63) is 64.5 Å². The van der Waals surface area contributed by atoms with Crippen LogP contribution >= 0.6 is 0 Å². The van der Waals surface area contributed by atoms with Gasteiger partial charge in [0.05, 0.1) is 5.52 Å². The molecule has 2 heterocycles. The summed E-state index contributed by atoms with van der Waals surface area (Å²) in [6, 6.07) is 11.8. The third-order valence-corrected chi connectivity index (χ3v) is 4.80. The molecule has 0 bridgehead atoms. The number of benzene rings is 2. The average Bonchev–Trinajstić information content (AvgIpc) is 2.59. The molecule has 0 atom stereocenters. The van der Waals surface area contributed by atoms with Gasteiger partial charge in [-0.25, -0.2) is 9.97 Å². The van der Waals surface area contributed by atoms with Gasteiger partial charge in [0.25, 0.3) is 0 Å². The third kappa shape index (κ3) is 2.89. The summed E-state index contributed by atoms with van der Waals surface area (Å²) in [5.74, 6) is -0.713. The van der Waals surface area contributed by atoms with E-state index in [4.69, 9.17) is 0 Å². The van der Waals surface area contributed by atoms with E-state index >= 15 is 0 Å². The van der Waals surface area contributed by atoms with Gasteiger partial charge < -0.3 is 4.90 Å². The van der Waals surface area contributed by atoms with Gasteiger partial charge in [0.1, 0.15) is 5.82 Å². The highest BCUT2D eigenvalue weighted by Crippen LogP contribution is 2.35. The second-order valence-electron chi connectivity index (χ2n) is 6.79. The second kappa shape index (κ2) is 5.97. The number of anilines is 1. The number of hydrogen-bond donors (Lipinski definition) is 0. The lowest BCUT2D eigenvalue weighted by molar-refractivity contribution is -0.144. The van der Waals surface area contributed by atoms with Crippen molar-refractivity contribution in [3.63, 3.8) is 0 Å². The summed E-state index contributed by atoms with van der Waals surface area (Å²) >= 11 is 0. The van der Waals surface area contributed by atoms with E-state index in [1.165, 1.54) is 5.56 Å². The summed E-state index contributed by atoms with van der Waals surface area (Å²) in [6.45, 7) is 4.90. The van der Waals surface area contributed by atoms with E-state index in [9.17, 15) is 13.2 Å². The molecule has 1 aromatic heterocycles. The second-order valence-corrected chi connectivity index (χ2v) is 6.79. The maximum atomic E-state index is 13.4. The van der Waals surface area contributed by atoms with Crippen molar-refractivity contribution in [2.24, 2.45) is 0 Å². The zero-order chi connectivity index (χ0) is 18.5. The van der Waals surface area contributed by atoms with Gasteiger partial charge in [-0.05, 0) is 48.6 Å². The molecule has 1 aliphatic heterocycles. The molecule has 0 saturated carbocycles. The first-order chi connectivity index (χ1) is 12.3. The van der Waals surface area contributed by atoms with E-state index in [1.54, 1.807) is 6.92 Å². The molecule has 26 heavy (non-hydrogen) atoms. The summed E-state index contributed by atoms with van der Waals surface area (Å²) in [4.78, 5) is 9.70. The molecule has 0 N–H and O–H groups in total. The highest BCUT2D eigenvalue weighted by molar-refractivity contribution is 5.92. The van der Waals surface area contributed by atoms with E-state index < -0.39 is 12.0 Å². The minimum Gasteiger partial charge on any atom is -0.351 e. The highest BCUT2D eigenvalue weighted by atomic mass is 19.4. The van der Waals surface area contributed by atoms with Crippen LogP contribution in [0.1, 0.15) is 28.1 Å². The molecule has 0 fully saturated rings. The standard InChI is InChI=1S/C20H18F3N3/c1-12-9-13(2)17-16(10-12)18(25-19(24-17)20(21,22)23)26-8-7-14-5-3-4-6-15(14)11-26/h3-6,9-10H,7-8,11H2,1-2H3. The first-order valence-corrected chi connectivity index (χ1v) is 8.51. The molecule has 3 nitrogen and oxygen atoms in total. The summed E-state index contributed by atoms with van der Waals surface area (Å²) in [5.41, 5.74) is 4.45. The van der Waals surface area contributed by atoms with Gasteiger partial charge in [-0.2, -0.15) is 13.2 Å². The molecule has 1 aliphatic rings. The largest absolute Gasteiger partial charge is 0.451 e. The predicted octanol–water partition coefficient (Wildman–Crippen LogP) is 4.83. The van der Waals surface area contributed by atoms with Crippen LogP contribution in [0.25, 0.3) is 10.9 Å². The Labute approximate surface area is 149 Å². The Morgan fingerprint density at radius 2 is 1.73 bits per heavy atom. The summed E-state index contributed by atoms with van der Waals surface area (Å²) < 4.78 is 40.1. The number of fused-ring (bicyclic) bond motifs is 2. The Balaban J connectivity index is 1.91. The lowest BCUT2D eigenvalue weighted by atomic mass is 9.99. The van der Waals surface area contributed by atoms with Gasteiger partial charge in [0.2, 0.25) is 5.82 Å². The van der Waals surface area contributed by atoms with Gasteiger partial charge in [0.15, 0.2) is 0 Å². The van der Waals surface area contributed by atoms with Crippen molar-refractivity contribution in [3.8, 4) is 0 Å². The molecule has 0 amide bonds. The van der Waals surface area contributed by atoms with Gasteiger partial charge in [0, 0.05) is 18.5 Å². The Kier molecular flexibility index (Phi) is 3.86. The molecule has 0 radical (unpaired) electrons. The van der Waals surface area contributed by atoms with E-state index in [-0.39, 0.29) is 0 Å². The lowest BCUT2D eigenvalue weighted by Crippen LogP contribution is -2.32. The van der Waals surface area contributed by atoms with Gasteiger partial charge in [-0.1, -0.05) is 30.3 Å². The highest BCUT2D eigenvalue weighted by Gasteiger charge is 2.36. The number of aryl methyl sites for hydroxylation is 2. The molecule has 134 valence electrons. The van der Waals surface area contributed by atoms with Crippen LogP contribution in [0.4, 0.5) is 19.0 Å². The third-order valence-electron chi connectivity index (χ3n) is 4.80. The first-order valence-electron chi connectivity index (χ1n) is 8.51. The maximum absolute atomic E-state index is 13.4. The maximum Gasteiger partial charge on any atom is 0.451 e. The predicted molar refractivity (Wildman–Crippen MR) is 95.2 cm³/mol. The zero-order valence-electron chi connectivity index (χ0n) is 14.6. The molecule has 2 aromatic carbocycles. The molecule has 0 aliphatic carbocycles. The molecule has 3 aromatic rings. The number of nitrogens with zero attached hydrogens (tertiary/aromatic N) is 3. The molecule has 0 spiro atoms. The fourth-order valence-corrected chi connectivity index (χ4v) is 3.61. The van der Waals surface area contributed by atoms with E-state index in [0.717, 1.165) is 23.1 Å². The number of halogens is 3. The molecule has 6 heteroatoms. The monoisotopic (exact) mass is 357 g/mol. The van der Waals surface area contributed by atoms with Crippen LogP contribution in [0.2, 0.25) is 0 Å². The Morgan fingerprint density at radius 3 is 2.46 bits per heavy atom. The minimum atomic E-state index is -4.58. The Bertz CT molecular complexity index is 995. The van der Waals surface area contributed by atoms with E-state index in [2.05, 4.69) is 16.0 Å². The fraction of sp³-hybridized carbons (Fsp3) is 0.300. The normalized spacial score (nSPS) is 14.6. The fourth-order valence-electron chi connectivity index (χ4n) is 3.61. The molecular formula is C20H18F3N3. The van der Waals surface area contributed by atoms with Crippen LogP contribution in [0.15, 0.2) is 36.4 Å². The van der Waals surface area contributed by atoms with Crippen molar-refractivity contribution < 1.29 is 13.2 Å². The number of hydrogen-bond acceptors (Lipinski definition) is 3. The molecule has 0 saturated heterocycles. The quantitative estimate of drug-likeness (QED) is 0.625. The van der Waals surface area contributed by atoms with Crippen molar-refractivity contribution in [2.45, 2.75) is 33.0 Å². The van der Waals surface area contributed by atoms with E-state index in [0.29, 0.717) is 29.8 Å².